The first-order valence-corrected chi connectivity index (χ1v) is 8.27. The smallest absolute Gasteiger partial charge is 0.341 e. The first-order valence-electron chi connectivity index (χ1n) is 8.27. The highest BCUT2D eigenvalue weighted by Gasteiger charge is 2.27. The number of pyridine rings is 2. The molecular formula is C17H22FN4O3+. The molecule has 134 valence electrons. The van der Waals surface area contributed by atoms with Crippen LogP contribution in [0.25, 0.3) is 11.0 Å². The van der Waals surface area contributed by atoms with Gasteiger partial charge in [0.05, 0.1) is 45.7 Å². The molecule has 3 rings (SSSR count). The summed E-state index contributed by atoms with van der Waals surface area (Å²) in [6.07, 6.45) is 1.28. The van der Waals surface area contributed by atoms with Crippen LogP contribution in [0.4, 0.5) is 10.2 Å². The van der Waals surface area contributed by atoms with E-state index in [2.05, 4.69) is 19.1 Å². The number of likely N-dealkylation sites (N-methyl/N-ethyl adjacent to an activating group) is 1. The van der Waals surface area contributed by atoms with Crippen molar-refractivity contribution in [2.45, 2.75) is 13.5 Å². The van der Waals surface area contributed by atoms with E-state index in [1.54, 1.807) is 4.57 Å². The lowest BCUT2D eigenvalue weighted by Crippen LogP contribution is -2.55. The predicted molar refractivity (Wildman–Crippen MR) is 92.6 cm³/mol. The van der Waals surface area contributed by atoms with E-state index in [0.717, 1.165) is 23.6 Å². The third-order valence-electron chi connectivity index (χ3n) is 4.80. The molecule has 0 aliphatic carbocycles. The SMILES string of the molecule is CCn1cc(C(=O)O)c(=O)c2cc(F)c(N3CC[N+](C)(C)CC3)nc21. The van der Waals surface area contributed by atoms with Gasteiger partial charge in [0.1, 0.15) is 11.2 Å². The summed E-state index contributed by atoms with van der Waals surface area (Å²) in [5.74, 6) is -1.70. The summed E-state index contributed by atoms with van der Waals surface area (Å²) in [6, 6.07) is 1.12. The maximum Gasteiger partial charge on any atom is 0.341 e. The highest BCUT2D eigenvalue weighted by Crippen LogP contribution is 2.23. The van der Waals surface area contributed by atoms with Gasteiger partial charge >= 0.3 is 5.97 Å². The summed E-state index contributed by atoms with van der Waals surface area (Å²) in [5, 5.41) is 9.18. The zero-order valence-corrected chi connectivity index (χ0v) is 14.6. The number of hydrogen-bond donors (Lipinski definition) is 1. The molecule has 0 aromatic carbocycles. The molecule has 2 aromatic rings. The van der Waals surface area contributed by atoms with E-state index in [4.69, 9.17) is 0 Å². The Morgan fingerprint density at radius 1 is 1.36 bits per heavy atom. The number of aryl methyl sites for hydroxylation is 1. The summed E-state index contributed by atoms with van der Waals surface area (Å²) < 4.78 is 17.1. The van der Waals surface area contributed by atoms with Crippen molar-refractivity contribution in [3.8, 4) is 0 Å². The van der Waals surface area contributed by atoms with E-state index in [1.807, 2.05) is 11.8 Å². The molecule has 2 aromatic heterocycles. The quantitative estimate of drug-likeness (QED) is 0.842. The number of anilines is 1. The fraction of sp³-hybridized carbons (Fsp3) is 0.471. The third-order valence-corrected chi connectivity index (χ3v) is 4.80. The van der Waals surface area contributed by atoms with Gasteiger partial charge in [0.25, 0.3) is 0 Å². The van der Waals surface area contributed by atoms with Crippen LogP contribution in [0, 0.1) is 5.82 Å². The Labute approximate surface area is 144 Å². The van der Waals surface area contributed by atoms with Gasteiger partial charge in [-0.3, -0.25) is 4.79 Å². The molecule has 0 spiro atoms. The minimum absolute atomic E-state index is 0.00359. The Hall–Kier alpha value is -2.48. The molecule has 25 heavy (non-hydrogen) atoms. The molecule has 8 heteroatoms. The van der Waals surface area contributed by atoms with Crippen LogP contribution < -0.4 is 10.3 Å². The molecular weight excluding hydrogens is 327 g/mol. The second-order valence-corrected chi connectivity index (χ2v) is 7.00. The minimum atomic E-state index is -1.32. The molecule has 0 bridgehead atoms. The molecule has 1 fully saturated rings. The van der Waals surface area contributed by atoms with Crippen molar-refractivity contribution in [2.75, 3.05) is 45.2 Å². The van der Waals surface area contributed by atoms with Gasteiger partial charge in [0.2, 0.25) is 5.43 Å². The number of carboxylic acid groups (broad SMARTS) is 1. The van der Waals surface area contributed by atoms with Crippen LogP contribution in [0.5, 0.6) is 0 Å². The van der Waals surface area contributed by atoms with Gasteiger partial charge in [-0.15, -0.1) is 0 Å². The van der Waals surface area contributed by atoms with Crippen molar-refractivity contribution in [3.63, 3.8) is 0 Å². The second-order valence-electron chi connectivity index (χ2n) is 7.00. The second kappa shape index (κ2) is 6.11. The molecule has 0 radical (unpaired) electrons. The number of aromatic nitrogens is 2. The van der Waals surface area contributed by atoms with E-state index in [0.29, 0.717) is 25.3 Å². The molecule has 0 atom stereocenters. The van der Waals surface area contributed by atoms with Gasteiger partial charge in [-0.05, 0) is 13.0 Å². The number of quaternary nitrogens is 1. The number of piperazine rings is 1. The van der Waals surface area contributed by atoms with E-state index < -0.39 is 17.2 Å². The molecule has 0 amide bonds. The number of carbonyl (C=O) groups is 1. The molecule has 3 heterocycles. The summed E-state index contributed by atoms with van der Waals surface area (Å²) in [6.45, 7) is 5.34. The number of hydrogen-bond acceptors (Lipinski definition) is 4. The standard InChI is InChI=1S/C17H21FN4O3/c1-4-20-10-12(17(24)25)14(23)11-9-13(18)16(19-15(11)20)21-5-7-22(2,3)8-6-21/h9-10H,4-8H2,1-3H3/p+1. The number of nitrogens with zero attached hydrogens (tertiary/aromatic N) is 4. The first kappa shape index (κ1) is 17.3. The summed E-state index contributed by atoms with van der Waals surface area (Å²) in [5.41, 5.74) is -0.768. The number of aromatic carboxylic acids is 1. The molecule has 1 aliphatic heterocycles. The van der Waals surface area contributed by atoms with Crippen molar-refractivity contribution in [3.05, 3.63) is 33.9 Å². The van der Waals surface area contributed by atoms with Crippen LogP contribution in [0.3, 0.4) is 0 Å². The van der Waals surface area contributed by atoms with Gasteiger partial charge < -0.3 is 19.1 Å². The highest BCUT2D eigenvalue weighted by atomic mass is 19.1. The molecule has 0 unspecified atom stereocenters. The van der Waals surface area contributed by atoms with Crippen LogP contribution in [0.2, 0.25) is 0 Å². The third kappa shape index (κ3) is 3.09. The Bertz CT molecular complexity index is 897. The minimum Gasteiger partial charge on any atom is -0.477 e. The first-order chi connectivity index (χ1) is 11.7. The van der Waals surface area contributed by atoms with Crippen molar-refractivity contribution < 1.29 is 18.8 Å². The van der Waals surface area contributed by atoms with Gasteiger partial charge in [0, 0.05) is 12.7 Å². The molecule has 1 saturated heterocycles. The lowest BCUT2D eigenvalue weighted by atomic mass is 10.1. The molecule has 7 nitrogen and oxygen atoms in total. The fourth-order valence-corrected chi connectivity index (χ4v) is 3.11. The van der Waals surface area contributed by atoms with Crippen LogP contribution in [0.15, 0.2) is 17.1 Å². The largest absolute Gasteiger partial charge is 0.477 e. The highest BCUT2D eigenvalue weighted by molar-refractivity contribution is 5.92. The monoisotopic (exact) mass is 349 g/mol. The van der Waals surface area contributed by atoms with Gasteiger partial charge in [-0.25, -0.2) is 14.2 Å². The summed E-state index contributed by atoms with van der Waals surface area (Å²) >= 11 is 0. The topological polar surface area (TPSA) is 75.4 Å². The Morgan fingerprint density at radius 2 is 2.00 bits per heavy atom. The van der Waals surface area contributed by atoms with Crippen LogP contribution >= 0.6 is 0 Å². The summed E-state index contributed by atoms with van der Waals surface area (Å²) in [4.78, 5) is 29.9. The predicted octanol–water partition coefficient (Wildman–Crippen LogP) is 1.15. The summed E-state index contributed by atoms with van der Waals surface area (Å²) in [7, 11) is 4.26. The lowest BCUT2D eigenvalue weighted by Gasteiger charge is -2.39. The lowest BCUT2D eigenvalue weighted by molar-refractivity contribution is -0.890. The number of fused-ring (bicyclic) bond motifs is 1. The van der Waals surface area contributed by atoms with E-state index in [9.17, 15) is 19.1 Å². The Balaban J connectivity index is 2.15. The Kier molecular flexibility index (Phi) is 4.24. The average molecular weight is 349 g/mol. The number of halogens is 1. The van der Waals surface area contributed by atoms with Crippen molar-refractivity contribution in [1.82, 2.24) is 9.55 Å². The molecule has 1 aliphatic rings. The number of rotatable bonds is 3. The Morgan fingerprint density at radius 3 is 2.56 bits per heavy atom. The van der Waals surface area contributed by atoms with E-state index >= 15 is 0 Å². The van der Waals surface area contributed by atoms with Crippen LogP contribution in [0.1, 0.15) is 17.3 Å². The fourth-order valence-electron chi connectivity index (χ4n) is 3.11. The van der Waals surface area contributed by atoms with Gasteiger partial charge in [0.15, 0.2) is 11.6 Å². The maximum absolute atomic E-state index is 14.6. The normalized spacial score (nSPS) is 17.0. The van der Waals surface area contributed by atoms with Crippen molar-refractivity contribution >= 4 is 22.8 Å². The zero-order chi connectivity index (χ0) is 18.4. The van der Waals surface area contributed by atoms with Crippen molar-refractivity contribution in [2.24, 2.45) is 0 Å². The van der Waals surface area contributed by atoms with E-state index in [-0.39, 0.29) is 16.8 Å². The zero-order valence-electron chi connectivity index (χ0n) is 14.6. The van der Waals surface area contributed by atoms with Crippen LogP contribution in [-0.4, -0.2) is 65.4 Å². The molecule has 0 saturated carbocycles. The van der Waals surface area contributed by atoms with Crippen molar-refractivity contribution in [1.29, 1.82) is 0 Å². The maximum atomic E-state index is 14.6. The van der Waals surface area contributed by atoms with Gasteiger partial charge in [-0.1, -0.05) is 0 Å². The van der Waals surface area contributed by atoms with Crippen LogP contribution in [-0.2, 0) is 6.54 Å². The molecule has 1 N–H and O–H groups in total. The van der Waals surface area contributed by atoms with E-state index in [1.165, 1.54) is 6.20 Å². The van der Waals surface area contributed by atoms with Gasteiger partial charge in [-0.2, -0.15) is 0 Å². The average Bonchev–Trinajstić information content (AvgIpc) is 2.55. The number of carboxylic acids is 1.